The molecule has 0 saturated carbocycles. The fraction of sp³-hybridized carbons (Fsp3) is 0.462. The molecule has 0 N–H and O–H groups in total. The van der Waals surface area contributed by atoms with Gasteiger partial charge in [0.15, 0.2) is 5.78 Å². The maximum absolute atomic E-state index is 12.4. The molecule has 3 nitrogen and oxygen atoms in total. The van der Waals surface area contributed by atoms with Crippen molar-refractivity contribution in [2.24, 2.45) is 5.92 Å². The summed E-state index contributed by atoms with van der Waals surface area (Å²) >= 11 is 3.39. The SMILES string of the molecule is COc1ccc(Br)cc1C(=O)C1CCOCC1. The first-order valence-electron chi connectivity index (χ1n) is 5.68. The number of ether oxygens (including phenoxy) is 2. The van der Waals surface area contributed by atoms with Crippen LogP contribution in [0.25, 0.3) is 0 Å². The van der Waals surface area contributed by atoms with E-state index < -0.39 is 0 Å². The third-order valence-corrected chi connectivity index (χ3v) is 3.51. The zero-order valence-electron chi connectivity index (χ0n) is 9.74. The number of hydrogen-bond donors (Lipinski definition) is 0. The van der Waals surface area contributed by atoms with E-state index in [0.29, 0.717) is 24.5 Å². The molecular formula is C13H15BrO3. The van der Waals surface area contributed by atoms with E-state index in [0.717, 1.165) is 17.3 Å². The van der Waals surface area contributed by atoms with Crippen LogP contribution in [-0.2, 0) is 4.74 Å². The molecule has 0 radical (unpaired) electrons. The smallest absolute Gasteiger partial charge is 0.169 e. The number of methoxy groups -OCH3 is 1. The predicted octanol–water partition coefficient (Wildman–Crippen LogP) is 3.07. The molecule has 0 amide bonds. The number of benzene rings is 1. The Kier molecular flexibility index (Phi) is 4.18. The van der Waals surface area contributed by atoms with Crippen LogP contribution in [0.1, 0.15) is 23.2 Å². The van der Waals surface area contributed by atoms with Crippen LogP contribution in [0.3, 0.4) is 0 Å². The molecule has 1 aromatic carbocycles. The van der Waals surface area contributed by atoms with Crippen LogP contribution >= 0.6 is 15.9 Å². The molecule has 4 heteroatoms. The first-order chi connectivity index (χ1) is 8.22. The lowest BCUT2D eigenvalue weighted by atomic mass is 9.90. The molecule has 0 spiro atoms. The second-order valence-electron chi connectivity index (χ2n) is 4.10. The molecule has 1 saturated heterocycles. The van der Waals surface area contributed by atoms with Crippen molar-refractivity contribution in [3.8, 4) is 5.75 Å². The van der Waals surface area contributed by atoms with Gasteiger partial charge in [-0.2, -0.15) is 0 Å². The molecule has 2 rings (SSSR count). The molecule has 0 unspecified atom stereocenters. The fourth-order valence-corrected chi connectivity index (χ4v) is 2.41. The normalized spacial score (nSPS) is 16.8. The maximum Gasteiger partial charge on any atom is 0.169 e. The summed E-state index contributed by atoms with van der Waals surface area (Å²) in [6.45, 7) is 1.35. The molecule has 0 aromatic heterocycles. The number of halogens is 1. The number of carbonyl (C=O) groups is 1. The Balaban J connectivity index is 2.25. The lowest BCUT2D eigenvalue weighted by Crippen LogP contribution is -2.23. The van der Waals surface area contributed by atoms with Gasteiger partial charge >= 0.3 is 0 Å². The molecule has 17 heavy (non-hydrogen) atoms. The van der Waals surface area contributed by atoms with E-state index in [1.807, 2.05) is 18.2 Å². The lowest BCUT2D eigenvalue weighted by Gasteiger charge is -2.21. The van der Waals surface area contributed by atoms with Crippen LogP contribution in [0.15, 0.2) is 22.7 Å². The quantitative estimate of drug-likeness (QED) is 0.805. The average Bonchev–Trinajstić information content (AvgIpc) is 2.39. The highest BCUT2D eigenvalue weighted by molar-refractivity contribution is 9.10. The van der Waals surface area contributed by atoms with Crippen molar-refractivity contribution in [2.75, 3.05) is 20.3 Å². The van der Waals surface area contributed by atoms with E-state index in [-0.39, 0.29) is 11.7 Å². The summed E-state index contributed by atoms with van der Waals surface area (Å²) in [7, 11) is 1.59. The summed E-state index contributed by atoms with van der Waals surface area (Å²) in [5.41, 5.74) is 0.661. The van der Waals surface area contributed by atoms with Crippen molar-refractivity contribution >= 4 is 21.7 Å². The minimum absolute atomic E-state index is 0.0620. The largest absolute Gasteiger partial charge is 0.496 e. The molecule has 1 fully saturated rings. The highest BCUT2D eigenvalue weighted by Crippen LogP contribution is 2.28. The van der Waals surface area contributed by atoms with E-state index in [9.17, 15) is 4.79 Å². The molecule has 92 valence electrons. The van der Waals surface area contributed by atoms with Gasteiger partial charge in [0.2, 0.25) is 0 Å². The van der Waals surface area contributed by atoms with E-state index in [1.54, 1.807) is 7.11 Å². The Bertz CT molecular complexity index is 411. The summed E-state index contributed by atoms with van der Waals surface area (Å²) in [5, 5.41) is 0. The minimum Gasteiger partial charge on any atom is -0.496 e. The van der Waals surface area contributed by atoms with Crippen molar-refractivity contribution in [1.29, 1.82) is 0 Å². The van der Waals surface area contributed by atoms with Crippen LogP contribution in [-0.4, -0.2) is 26.1 Å². The molecule has 1 aliphatic rings. The third kappa shape index (κ3) is 2.87. The Hall–Kier alpha value is -0.870. The van der Waals surface area contributed by atoms with Crippen LogP contribution in [0.2, 0.25) is 0 Å². The zero-order chi connectivity index (χ0) is 12.3. The maximum atomic E-state index is 12.4. The monoisotopic (exact) mass is 298 g/mol. The number of carbonyl (C=O) groups excluding carboxylic acids is 1. The molecule has 1 aromatic rings. The molecular weight excluding hydrogens is 284 g/mol. The topological polar surface area (TPSA) is 35.5 Å². The third-order valence-electron chi connectivity index (χ3n) is 3.02. The van der Waals surface area contributed by atoms with Crippen LogP contribution < -0.4 is 4.74 Å². The number of hydrogen-bond acceptors (Lipinski definition) is 3. The predicted molar refractivity (Wildman–Crippen MR) is 68.6 cm³/mol. The van der Waals surface area contributed by atoms with Gasteiger partial charge in [-0.1, -0.05) is 15.9 Å². The van der Waals surface area contributed by atoms with Gasteiger partial charge in [-0.3, -0.25) is 4.79 Å². The van der Waals surface area contributed by atoms with E-state index in [4.69, 9.17) is 9.47 Å². The number of rotatable bonds is 3. The molecule has 1 aliphatic heterocycles. The van der Waals surface area contributed by atoms with Crippen molar-refractivity contribution in [1.82, 2.24) is 0 Å². The summed E-state index contributed by atoms with van der Waals surface area (Å²) in [4.78, 5) is 12.4. The van der Waals surface area contributed by atoms with Gasteiger partial charge in [0.05, 0.1) is 12.7 Å². The minimum atomic E-state index is 0.0620. The first-order valence-corrected chi connectivity index (χ1v) is 6.47. The summed E-state index contributed by atoms with van der Waals surface area (Å²) in [6.07, 6.45) is 1.60. The summed E-state index contributed by atoms with van der Waals surface area (Å²) in [5.74, 6) is 0.864. The Morgan fingerprint density at radius 1 is 1.41 bits per heavy atom. The summed E-state index contributed by atoms with van der Waals surface area (Å²) in [6, 6.07) is 5.52. The van der Waals surface area contributed by atoms with Gasteiger partial charge < -0.3 is 9.47 Å². The molecule has 1 heterocycles. The summed E-state index contributed by atoms with van der Waals surface area (Å²) < 4.78 is 11.4. The molecule has 0 atom stereocenters. The Labute approximate surface area is 109 Å². The molecule has 0 aliphatic carbocycles. The van der Waals surface area contributed by atoms with E-state index in [1.165, 1.54) is 0 Å². The van der Waals surface area contributed by atoms with Crippen molar-refractivity contribution < 1.29 is 14.3 Å². The fourth-order valence-electron chi connectivity index (χ4n) is 2.05. The molecule has 0 bridgehead atoms. The van der Waals surface area contributed by atoms with Gasteiger partial charge in [0, 0.05) is 23.6 Å². The Morgan fingerprint density at radius 2 is 2.12 bits per heavy atom. The van der Waals surface area contributed by atoms with Crippen LogP contribution in [0.5, 0.6) is 5.75 Å². The van der Waals surface area contributed by atoms with Crippen LogP contribution in [0.4, 0.5) is 0 Å². The van der Waals surface area contributed by atoms with Crippen LogP contribution in [0, 0.1) is 5.92 Å². The second-order valence-corrected chi connectivity index (χ2v) is 5.01. The van der Waals surface area contributed by atoms with E-state index >= 15 is 0 Å². The average molecular weight is 299 g/mol. The highest BCUT2D eigenvalue weighted by Gasteiger charge is 2.25. The van der Waals surface area contributed by atoms with Crippen molar-refractivity contribution in [3.05, 3.63) is 28.2 Å². The highest BCUT2D eigenvalue weighted by atomic mass is 79.9. The first kappa shape index (κ1) is 12.6. The van der Waals surface area contributed by atoms with Crippen molar-refractivity contribution in [2.45, 2.75) is 12.8 Å². The zero-order valence-corrected chi connectivity index (χ0v) is 11.3. The van der Waals surface area contributed by atoms with E-state index in [2.05, 4.69) is 15.9 Å². The second kappa shape index (κ2) is 5.65. The lowest BCUT2D eigenvalue weighted by molar-refractivity contribution is 0.0543. The van der Waals surface area contributed by atoms with Gasteiger partial charge in [0.25, 0.3) is 0 Å². The van der Waals surface area contributed by atoms with Gasteiger partial charge in [-0.15, -0.1) is 0 Å². The standard InChI is InChI=1S/C13H15BrO3/c1-16-12-3-2-10(14)8-11(12)13(15)9-4-6-17-7-5-9/h2-3,8-9H,4-7H2,1H3. The van der Waals surface area contributed by atoms with Gasteiger partial charge in [0.1, 0.15) is 5.75 Å². The number of ketones is 1. The number of Topliss-reactive ketones (excluding diaryl/α,β-unsaturated/α-hetero) is 1. The van der Waals surface area contributed by atoms with Gasteiger partial charge in [-0.25, -0.2) is 0 Å². The Morgan fingerprint density at radius 3 is 2.76 bits per heavy atom. The van der Waals surface area contributed by atoms with Gasteiger partial charge in [-0.05, 0) is 31.0 Å². The van der Waals surface area contributed by atoms with Crippen molar-refractivity contribution in [3.63, 3.8) is 0 Å².